The molecule has 4 rings (SSSR count). The number of anilines is 1. The summed E-state index contributed by atoms with van der Waals surface area (Å²) < 4.78 is 21.2. The maximum Gasteiger partial charge on any atom is 0.344 e. The summed E-state index contributed by atoms with van der Waals surface area (Å²) in [5.41, 5.74) is 2.87. The SMILES string of the molecule is COc1cc(C(=O)Oc2c(/C=N/NC(=O)c3ccc(NC(=O)c4ccc(Cl)cc4)cc3)cccc2[N+](=O)[O-])cc(OC)c1OC. The number of hydrogen-bond donors (Lipinski definition) is 2. The average Bonchev–Trinajstić information content (AvgIpc) is 3.04. The van der Waals surface area contributed by atoms with Gasteiger partial charge in [0.2, 0.25) is 11.5 Å². The highest BCUT2D eigenvalue weighted by molar-refractivity contribution is 6.30. The molecule has 4 aromatic rings. The zero-order valence-corrected chi connectivity index (χ0v) is 24.8. The van der Waals surface area contributed by atoms with Crippen LogP contribution < -0.4 is 29.7 Å². The average molecular weight is 633 g/mol. The molecule has 0 aliphatic rings. The van der Waals surface area contributed by atoms with Crippen molar-refractivity contribution >= 4 is 47.0 Å². The number of nitro benzene ring substituents is 1. The Balaban J connectivity index is 1.49. The minimum atomic E-state index is -0.953. The summed E-state index contributed by atoms with van der Waals surface area (Å²) in [7, 11) is 4.13. The van der Waals surface area contributed by atoms with E-state index in [0.717, 1.165) is 12.3 Å². The van der Waals surface area contributed by atoms with E-state index in [1.807, 2.05) is 0 Å². The van der Waals surface area contributed by atoms with Crippen molar-refractivity contribution in [2.75, 3.05) is 26.6 Å². The number of nitro groups is 1. The van der Waals surface area contributed by atoms with Crippen LogP contribution in [0.5, 0.6) is 23.0 Å². The Kier molecular flexibility index (Phi) is 10.3. The smallest absolute Gasteiger partial charge is 0.344 e. The molecular weight excluding hydrogens is 608 g/mol. The number of rotatable bonds is 11. The van der Waals surface area contributed by atoms with Gasteiger partial charge in [-0.15, -0.1) is 0 Å². The van der Waals surface area contributed by atoms with Gasteiger partial charge in [0.25, 0.3) is 11.8 Å². The van der Waals surface area contributed by atoms with Gasteiger partial charge in [0.1, 0.15) is 0 Å². The maximum absolute atomic E-state index is 13.1. The van der Waals surface area contributed by atoms with Crippen molar-refractivity contribution in [3.8, 4) is 23.0 Å². The Morgan fingerprint density at radius 3 is 1.98 bits per heavy atom. The van der Waals surface area contributed by atoms with Crippen LogP contribution >= 0.6 is 11.6 Å². The molecule has 13 nitrogen and oxygen atoms in total. The molecule has 230 valence electrons. The Morgan fingerprint density at radius 2 is 1.40 bits per heavy atom. The number of halogens is 1. The predicted octanol–water partition coefficient (Wildman–Crippen LogP) is 5.51. The van der Waals surface area contributed by atoms with Crippen molar-refractivity contribution in [3.05, 3.63) is 116 Å². The van der Waals surface area contributed by atoms with Crippen molar-refractivity contribution in [2.45, 2.75) is 0 Å². The van der Waals surface area contributed by atoms with Crippen LogP contribution in [0.4, 0.5) is 11.4 Å². The zero-order valence-electron chi connectivity index (χ0n) is 24.0. The lowest BCUT2D eigenvalue weighted by atomic mass is 10.1. The van der Waals surface area contributed by atoms with E-state index in [9.17, 15) is 24.5 Å². The van der Waals surface area contributed by atoms with Gasteiger partial charge in [-0.05, 0) is 66.7 Å². The molecule has 4 aromatic carbocycles. The van der Waals surface area contributed by atoms with Crippen molar-refractivity contribution in [2.24, 2.45) is 5.10 Å². The standard InChI is InChI=1S/C31H25ClN4O9/c1-42-25-15-21(16-26(43-2)28(25)44-3)31(39)45-27-20(5-4-6-24(27)36(40)41)17-33-35-30(38)19-9-13-23(14-10-19)34-29(37)18-7-11-22(32)12-8-18/h4-17H,1-3H3,(H,34,37)(H,35,38)/b33-17+. The van der Waals surface area contributed by atoms with E-state index in [2.05, 4.69) is 15.8 Å². The number of hydrazone groups is 1. The number of nitrogens with zero attached hydrogens (tertiary/aromatic N) is 2. The molecular formula is C31H25ClN4O9. The van der Waals surface area contributed by atoms with Crippen LogP contribution in [0, 0.1) is 10.1 Å². The molecule has 0 aliphatic carbocycles. The number of methoxy groups -OCH3 is 3. The summed E-state index contributed by atoms with van der Waals surface area (Å²) in [6.45, 7) is 0. The Bertz CT molecular complexity index is 1750. The molecule has 0 heterocycles. The predicted molar refractivity (Wildman–Crippen MR) is 165 cm³/mol. The van der Waals surface area contributed by atoms with E-state index < -0.39 is 28.2 Å². The molecule has 0 saturated heterocycles. The van der Waals surface area contributed by atoms with Gasteiger partial charge in [-0.3, -0.25) is 19.7 Å². The number of nitrogens with one attached hydrogen (secondary N) is 2. The minimum Gasteiger partial charge on any atom is -0.493 e. The third kappa shape index (κ3) is 7.72. The number of esters is 1. The first-order chi connectivity index (χ1) is 21.6. The molecule has 0 unspecified atom stereocenters. The van der Waals surface area contributed by atoms with Gasteiger partial charge in [-0.2, -0.15) is 5.10 Å². The summed E-state index contributed by atoms with van der Waals surface area (Å²) in [6, 6.07) is 19.0. The largest absolute Gasteiger partial charge is 0.493 e. The molecule has 45 heavy (non-hydrogen) atoms. The highest BCUT2D eigenvalue weighted by Gasteiger charge is 2.24. The number of ether oxygens (including phenoxy) is 4. The zero-order chi connectivity index (χ0) is 32.5. The van der Waals surface area contributed by atoms with Crippen LogP contribution in [0.1, 0.15) is 36.6 Å². The maximum atomic E-state index is 13.1. The molecule has 2 amide bonds. The molecule has 0 saturated carbocycles. The van der Waals surface area contributed by atoms with E-state index in [4.69, 9.17) is 30.5 Å². The molecule has 0 radical (unpaired) electrons. The molecule has 14 heteroatoms. The third-order valence-electron chi connectivity index (χ3n) is 6.20. The number of benzene rings is 4. The van der Waals surface area contributed by atoms with E-state index >= 15 is 0 Å². The van der Waals surface area contributed by atoms with Gasteiger partial charge in [0.15, 0.2) is 11.5 Å². The normalized spacial score (nSPS) is 10.6. The van der Waals surface area contributed by atoms with Gasteiger partial charge in [0, 0.05) is 33.5 Å². The summed E-state index contributed by atoms with van der Waals surface area (Å²) in [6.07, 6.45) is 1.10. The van der Waals surface area contributed by atoms with E-state index in [0.29, 0.717) is 16.3 Å². The molecule has 2 N–H and O–H groups in total. The molecule has 0 spiro atoms. The van der Waals surface area contributed by atoms with Gasteiger partial charge < -0.3 is 24.3 Å². The number of hydrogen-bond acceptors (Lipinski definition) is 10. The van der Waals surface area contributed by atoms with E-state index in [-0.39, 0.29) is 39.8 Å². The lowest BCUT2D eigenvalue weighted by molar-refractivity contribution is -0.385. The number of para-hydroxylation sites is 1. The minimum absolute atomic E-state index is 0.0329. The van der Waals surface area contributed by atoms with Gasteiger partial charge in [-0.25, -0.2) is 10.2 Å². The van der Waals surface area contributed by atoms with Crippen LogP contribution in [-0.4, -0.2) is 50.3 Å². The summed E-state index contributed by atoms with van der Waals surface area (Å²) >= 11 is 5.85. The second kappa shape index (κ2) is 14.5. The number of carbonyl (C=O) groups is 3. The van der Waals surface area contributed by atoms with Crippen LogP contribution in [0.3, 0.4) is 0 Å². The van der Waals surface area contributed by atoms with Crippen LogP contribution in [0.2, 0.25) is 5.02 Å². The fraction of sp³-hybridized carbons (Fsp3) is 0.0968. The molecule has 0 bridgehead atoms. The summed E-state index contributed by atoms with van der Waals surface area (Å²) in [4.78, 5) is 49.2. The molecule has 0 fully saturated rings. The molecule has 0 aromatic heterocycles. The Morgan fingerprint density at radius 1 is 0.800 bits per heavy atom. The van der Waals surface area contributed by atoms with Crippen molar-refractivity contribution in [1.29, 1.82) is 0 Å². The first kappa shape index (κ1) is 32.0. The summed E-state index contributed by atoms with van der Waals surface area (Å²) in [5.74, 6) is -1.73. The topological polar surface area (TPSA) is 168 Å². The fourth-order valence-corrected chi connectivity index (χ4v) is 4.11. The Labute approximate surface area is 261 Å². The van der Waals surface area contributed by atoms with E-state index in [1.54, 1.807) is 24.3 Å². The quantitative estimate of drug-likeness (QED) is 0.0712. The number of amides is 2. The highest BCUT2D eigenvalue weighted by Crippen LogP contribution is 2.39. The lowest BCUT2D eigenvalue weighted by Crippen LogP contribution is -2.18. The van der Waals surface area contributed by atoms with Gasteiger partial charge in [-0.1, -0.05) is 17.7 Å². The Hall–Kier alpha value is -5.95. The van der Waals surface area contributed by atoms with Crippen LogP contribution in [0.25, 0.3) is 0 Å². The van der Waals surface area contributed by atoms with Crippen molar-refractivity contribution < 1.29 is 38.3 Å². The first-order valence-electron chi connectivity index (χ1n) is 12.9. The second-order valence-corrected chi connectivity index (χ2v) is 9.43. The van der Waals surface area contributed by atoms with Gasteiger partial charge in [0.05, 0.1) is 38.0 Å². The van der Waals surface area contributed by atoms with Crippen molar-refractivity contribution in [3.63, 3.8) is 0 Å². The lowest BCUT2D eigenvalue weighted by Gasteiger charge is -2.14. The fourth-order valence-electron chi connectivity index (χ4n) is 3.98. The molecule has 0 aliphatic heterocycles. The second-order valence-electron chi connectivity index (χ2n) is 8.99. The van der Waals surface area contributed by atoms with Crippen molar-refractivity contribution in [1.82, 2.24) is 5.43 Å². The van der Waals surface area contributed by atoms with Crippen LogP contribution in [0.15, 0.2) is 84.0 Å². The third-order valence-corrected chi connectivity index (χ3v) is 6.45. The van der Waals surface area contributed by atoms with Crippen LogP contribution in [-0.2, 0) is 0 Å². The number of carbonyl (C=O) groups excluding carboxylic acids is 3. The summed E-state index contributed by atoms with van der Waals surface area (Å²) in [5, 5.41) is 18.8. The monoisotopic (exact) mass is 632 g/mol. The van der Waals surface area contributed by atoms with Gasteiger partial charge >= 0.3 is 11.7 Å². The van der Waals surface area contributed by atoms with E-state index in [1.165, 1.54) is 69.9 Å². The molecule has 0 atom stereocenters. The highest BCUT2D eigenvalue weighted by atomic mass is 35.5. The first-order valence-corrected chi connectivity index (χ1v) is 13.3.